The molecular formula is C12H35O4Si5Y6-3. The van der Waals surface area contributed by atoms with Gasteiger partial charge in [-0.25, -0.2) is 0 Å². The van der Waals surface area contributed by atoms with E-state index >= 15 is 0 Å². The summed E-state index contributed by atoms with van der Waals surface area (Å²) in [6.45, 7) is 30.0. The Balaban J connectivity index is -0.0000000489. The molecule has 0 aromatic rings. The molecule has 15 heteroatoms. The van der Waals surface area contributed by atoms with E-state index in [1.54, 1.807) is 0 Å². The average Bonchev–Trinajstić information content (AvgIpc) is 1.85. The molecule has 6 radical (unpaired) electrons. The first kappa shape index (κ1) is 55.2. The van der Waals surface area contributed by atoms with Crippen molar-refractivity contribution in [2.75, 3.05) is 0 Å². The van der Waals surface area contributed by atoms with Gasteiger partial charge >= 0.3 is 9.05 Å². The van der Waals surface area contributed by atoms with Gasteiger partial charge in [-0.15, -0.1) is 8.07 Å². The van der Waals surface area contributed by atoms with E-state index in [1.807, 2.05) is 39.3 Å². The van der Waals surface area contributed by atoms with Crippen molar-refractivity contribution in [3.8, 4) is 0 Å². The second kappa shape index (κ2) is 25.2. The molecule has 0 bridgehead atoms. The zero-order valence-electron chi connectivity index (χ0n) is 18.8. The second-order valence-electron chi connectivity index (χ2n) is 7.97. The zero-order chi connectivity index (χ0) is 17.7. The van der Waals surface area contributed by atoms with Crippen molar-refractivity contribution in [3.63, 3.8) is 0 Å². The van der Waals surface area contributed by atoms with Gasteiger partial charge in [0, 0.05) is 213 Å². The molecule has 0 aromatic carbocycles. The van der Waals surface area contributed by atoms with Crippen LogP contribution in [-0.4, -0.2) is 47.6 Å². The van der Waals surface area contributed by atoms with Gasteiger partial charge in [-0.1, -0.05) is 45.8 Å². The summed E-state index contributed by atoms with van der Waals surface area (Å²) in [5.41, 5.74) is 0. The van der Waals surface area contributed by atoms with Gasteiger partial charge in [0.15, 0.2) is 9.04 Å². The normalized spacial score (nSPS) is 10.9. The summed E-state index contributed by atoms with van der Waals surface area (Å²) in [7, 11) is -10.1. The van der Waals surface area contributed by atoms with Crippen molar-refractivity contribution in [3.05, 3.63) is 19.6 Å². The van der Waals surface area contributed by atoms with E-state index in [9.17, 15) is 4.80 Å². The maximum Gasteiger partial charge on any atom is 0.640 e. The van der Waals surface area contributed by atoms with E-state index in [0.717, 1.165) is 0 Å². The first-order valence-electron chi connectivity index (χ1n) is 7.20. The summed E-state index contributed by atoms with van der Waals surface area (Å²) in [4.78, 5) is 10.3. The summed E-state index contributed by atoms with van der Waals surface area (Å²) in [6.07, 6.45) is 0. The van der Waals surface area contributed by atoms with Crippen molar-refractivity contribution < 1.29 is 213 Å². The van der Waals surface area contributed by atoms with Gasteiger partial charge in [-0.2, -0.15) is 0 Å². The predicted molar refractivity (Wildman–Crippen MR) is 104 cm³/mol. The van der Waals surface area contributed by atoms with Crippen LogP contribution < -0.4 is 0 Å². The molecule has 27 heavy (non-hydrogen) atoms. The van der Waals surface area contributed by atoms with Gasteiger partial charge in [0.05, 0.1) is 0 Å². The van der Waals surface area contributed by atoms with Crippen molar-refractivity contribution in [2.45, 2.75) is 58.9 Å². The van der Waals surface area contributed by atoms with Gasteiger partial charge in [-0.3, -0.25) is 0 Å². The van der Waals surface area contributed by atoms with Crippen LogP contribution >= 0.6 is 0 Å². The van der Waals surface area contributed by atoms with E-state index in [4.69, 9.17) is 12.3 Å². The molecule has 0 heterocycles. The van der Waals surface area contributed by atoms with Gasteiger partial charge in [-0.05, 0) is 13.1 Å². The largest absolute Gasteiger partial charge is 0.640 e. The molecule has 0 spiro atoms. The molecule has 0 atom stereocenters. The summed E-state index contributed by atoms with van der Waals surface area (Å²) in [5, 5.41) is 0. The van der Waals surface area contributed by atoms with E-state index in [1.165, 1.54) is 0 Å². The fraction of sp³-hybridized carbons (Fsp3) is 0.750. The monoisotopic (exact) mass is 917 g/mol. The number of rotatable bonds is 6. The zero-order valence-corrected chi connectivity index (χ0v) is 41.0. The van der Waals surface area contributed by atoms with Gasteiger partial charge in [0.25, 0.3) is 0 Å². The molecule has 0 fully saturated rings. The Morgan fingerprint density at radius 3 is 0.926 bits per heavy atom. The first-order chi connectivity index (χ1) is 8.83. The van der Waals surface area contributed by atoms with Crippen LogP contribution in [-0.2, 0) is 209 Å². The van der Waals surface area contributed by atoms with Crippen molar-refractivity contribution >= 4 is 42.8 Å². The number of hydrogen-bond acceptors (Lipinski definition) is 4. The van der Waals surface area contributed by atoms with Crippen LogP contribution in [0.2, 0.25) is 58.9 Å². The van der Waals surface area contributed by atoms with E-state index < -0.39 is 42.8 Å². The molecule has 1 N–H and O–H groups in total. The van der Waals surface area contributed by atoms with Crippen LogP contribution in [0.1, 0.15) is 0 Å². The third kappa shape index (κ3) is 55.4. The third-order valence-electron chi connectivity index (χ3n) is 1.20. The topological polar surface area (TPSA) is 47.9 Å². The fourth-order valence-corrected chi connectivity index (χ4v) is 10.8. The quantitative estimate of drug-likeness (QED) is 0.329. The molecule has 0 aliphatic carbocycles. The Hall–Kier alpha value is 7.55. The van der Waals surface area contributed by atoms with Crippen LogP contribution in [0.5, 0.6) is 0 Å². The maximum absolute atomic E-state index is 10.3. The first-order valence-corrected chi connectivity index (χ1v) is 21.6. The standard InChI is InChI=1S/C8H24O4Si4.C4H11Si.6Y/c1-13(2)10-16(9,11-14(3,4)5)12-15(6,7)8;1-5(2,3)4;;;;;;/h9,13H,3,6H2,1-2,4-5,7-8H3;1H2,2-4H3;;;;;;/q-2;-1;;;;;;. The van der Waals surface area contributed by atoms with Crippen LogP contribution in [0.15, 0.2) is 0 Å². The Bertz CT molecular complexity index is 290. The smallest absolute Gasteiger partial charge is 0.423 e. The minimum atomic E-state index is -3.52. The molecule has 0 saturated carbocycles. The van der Waals surface area contributed by atoms with E-state index in [2.05, 4.69) is 39.3 Å². The van der Waals surface area contributed by atoms with Gasteiger partial charge < -0.3 is 36.8 Å². The van der Waals surface area contributed by atoms with E-state index in [-0.39, 0.29) is 196 Å². The third-order valence-corrected chi connectivity index (χ3v) is 10.8. The number of hydrogen-bond donors (Lipinski definition) is 1. The molecule has 0 aliphatic rings. The molecule has 0 rings (SSSR count). The molecule has 0 unspecified atom stereocenters. The molecular weight excluding hydrogens is 882 g/mol. The summed E-state index contributed by atoms with van der Waals surface area (Å²) in [5.74, 6) is 0. The second-order valence-corrected chi connectivity index (χ2v) is 25.9. The van der Waals surface area contributed by atoms with Gasteiger partial charge in [0.1, 0.15) is 0 Å². The van der Waals surface area contributed by atoms with Crippen LogP contribution in [0.3, 0.4) is 0 Å². The van der Waals surface area contributed by atoms with Crippen LogP contribution in [0.4, 0.5) is 0 Å². The Morgan fingerprint density at radius 2 is 0.815 bits per heavy atom. The van der Waals surface area contributed by atoms with E-state index in [0.29, 0.717) is 0 Å². The Morgan fingerprint density at radius 1 is 0.630 bits per heavy atom. The van der Waals surface area contributed by atoms with Crippen molar-refractivity contribution in [1.29, 1.82) is 0 Å². The molecule has 0 amide bonds. The van der Waals surface area contributed by atoms with Crippen LogP contribution in [0.25, 0.3) is 0 Å². The minimum Gasteiger partial charge on any atom is -0.423 e. The fourth-order valence-electron chi connectivity index (χ4n) is 1.07. The summed E-state index contributed by atoms with van der Waals surface area (Å²) >= 11 is 0. The van der Waals surface area contributed by atoms with Crippen molar-refractivity contribution in [1.82, 2.24) is 0 Å². The minimum absolute atomic E-state index is 0. The van der Waals surface area contributed by atoms with Crippen LogP contribution in [0, 0.1) is 19.6 Å². The molecule has 0 aliphatic heterocycles. The molecule has 148 valence electrons. The Kier molecular flexibility index (Phi) is 51.5. The predicted octanol–water partition coefficient (Wildman–Crippen LogP) is 3.29. The maximum atomic E-state index is 10.3. The molecule has 0 saturated heterocycles. The summed E-state index contributed by atoms with van der Waals surface area (Å²) < 4.78 is 16.8. The Labute approximate surface area is 327 Å². The summed E-state index contributed by atoms with van der Waals surface area (Å²) in [6, 6.07) is 0. The van der Waals surface area contributed by atoms with Gasteiger partial charge in [0.2, 0.25) is 0 Å². The average molecular weight is 917 g/mol. The SMILES string of the molecule is [CH2-][Si](C)(C)C.[CH2-][Si](C)(C)O[Si](O)(O[SiH](C)C)O[Si]([CH2-])(C)C.[Y].[Y].[Y].[Y].[Y].[Y]. The van der Waals surface area contributed by atoms with Crippen molar-refractivity contribution in [2.24, 2.45) is 0 Å². The molecule has 4 nitrogen and oxygen atoms in total. The molecule has 0 aromatic heterocycles.